The average Bonchev–Trinajstić information content (AvgIpc) is 1.94. The van der Waals surface area contributed by atoms with Crippen molar-refractivity contribution in [1.82, 2.24) is 4.90 Å². The van der Waals surface area contributed by atoms with Gasteiger partial charge in [-0.15, -0.1) is 0 Å². The Kier molecular flexibility index (Phi) is 3.02. The summed E-state index contributed by atoms with van der Waals surface area (Å²) in [5, 5.41) is 0. The Balaban J connectivity index is 2.38. The predicted molar refractivity (Wildman–Crippen MR) is 51.9 cm³/mol. The lowest BCUT2D eigenvalue weighted by Crippen LogP contribution is -2.48. The summed E-state index contributed by atoms with van der Waals surface area (Å²) in [5.74, 6) is 0. The Hall–Kier alpha value is -0.800. The number of rotatable bonds is 1. The highest BCUT2D eigenvalue weighted by molar-refractivity contribution is 5.68. The monoisotopic (exact) mass is 203 g/mol. The molecule has 4 heteroatoms. The zero-order valence-corrected chi connectivity index (χ0v) is 9.21. The molecule has 0 aromatic carbocycles. The minimum Gasteiger partial charge on any atom is -0.444 e. The van der Waals surface area contributed by atoms with E-state index in [9.17, 15) is 9.18 Å². The molecule has 0 spiro atoms. The quantitative estimate of drug-likeness (QED) is 0.654. The summed E-state index contributed by atoms with van der Waals surface area (Å²) < 4.78 is 17.7. The normalized spacial score (nSPS) is 26.6. The van der Waals surface area contributed by atoms with Crippen LogP contribution in [0.2, 0.25) is 0 Å². The molecule has 0 aromatic rings. The lowest BCUT2D eigenvalue weighted by Gasteiger charge is -2.37. The molecule has 0 radical (unpaired) electrons. The van der Waals surface area contributed by atoms with Gasteiger partial charge in [-0.05, 0) is 33.6 Å². The van der Waals surface area contributed by atoms with E-state index in [0.29, 0.717) is 12.8 Å². The highest BCUT2D eigenvalue weighted by atomic mass is 19.1. The maximum atomic E-state index is 12.6. The van der Waals surface area contributed by atoms with Crippen molar-refractivity contribution < 1.29 is 13.9 Å². The summed E-state index contributed by atoms with van der Waals surface area (Å²) in [7, 11) is 1.66. The number of hydrogen-bond donors (Lipinski definition) is 0. The molecule has 0 atom stereocenters. The van der Waals surface area contributed by atoms with Gasteiger partial charge in [0.25, 0.3) is 0 Å². The number of alkyl halides is 1. The van der Waals surface area contributed by atoms with E-state index in [1.54, 1.807) is 7.05 Å². The van der Waals surface area contributed by atoms with Gasteiger partial charge in [-0.3, -0.25) is 0 Å². The first-order valence-electron chi connectivity index (χ1n) is 4.89. The third-order valence-electron chi connectivity index (χ3n) is 2.28. The lowest BCUT2D eigenvalue weighted by atomic mass is 9.90. The fraction of sp³-hybridized carbons (Fsp3) is 0.900. The van der Waals surface area contributed by atoms with Crippen LogP contribution in [0.1, 0.15) is 33.6 Å². The molecule has 1 aliphatic rings. The standard InChI is InChI=1S/C10H18FNO2/c1-10(2,3)14-9(13)12(4)8-5-7(11)6-8/h7-8H,5-6H2,1-4H3. The Morgan fingerprint density at radius 1 is 1.43 bits per heavy atom. The van der Waals surface area contributed by atoms with E-state index in [-0.39, 0.29) is 12.1 Å². The van der Waals surface area contributed by atoms with Crippen molar-refractivity contribution in [1.29, 1.82) is 0 Å². The number of nitrogens with zero attached hydrogens (tertiary/aromatic N) is 1. The Morgan fingerprint density at radius 2 is 1.93 bits per heavy atom. The molecule has 1 amide bonds. The fourth-order valence-electron chi connectivity index (χ4n) is 1.32. The molecule has 14 heavy (non-hydrogen) atoms. The lowest BCUT2D eigenvalue weighted by molar-refractivity contribution is 0.00243. The van der Waals surface area contributed by atoms with Crippen LogP contribution in [-0.2, 0) is 4.74 Å². The molecule has 0 saturated heterocycles. The average molecular weight is 203 g/mol. The largest absolute Gasteiger partial charge is 0.444 e. The molecule has 0 N–H and O–H groups in total. The maximum absolute atomic E-state index is 12.6. The van der Waals surface area contributed by atoms with Gasteiger partial charge in [-0.2, -0.15) is 0 Å². The van der Waals surface area contributed by atoms with Crippen LogP contribution in [0.15, 0.2) is 0 Å². The van der Waals surface area contributed by atoms with Crippen molar-refractivity contribution in [3.63, 3.8) is 0 Å². The molecular formula is C10H18FNO2. The van der Waals surface area contributed by atoms with Gasteiger partial charge in [0.2, 0.25) is 0 Å². The van der Waals surface area contributed by atoms with Crippen LogP contribution in [0.25, 0.3) is 0 Å². The molecule has 0 heterocycles. The van der Waals surface area contributed by atoms with Crippen molar-refractivity contribution in [3.8, 4) is 0 Å². The predicted octanol–water partition coefficient (Wildman–Crippen LogP) is 2.35. The van der Waals surface area contributed by atoms with E-state index >= 15 is 0 Å². The molecule has 1 fully saturated rings. The second-order valence-corrected chi connectivity index (χ2v) is 4.81. The van der Waals surface area contributed by atoms with Crippen LogP contribution >= 0.6 is 0 Å². The first kappa shape index (κ1) is 11.3. The van der Waals surface area contributed by atoms with Gasteiger partial charge in [0, 0.05) is 13.1 Å². The zero-order chi connectivity index (χ0) is 10.9. The van der Waals surface area contributed by atoms with Gasteiger partial charge < -0.3 is 9.64 Å². The number of carbonyl (C=O) groups excluding carboxylic acids is 1. The van der Waals surface area contributed by atoms with Crippen LogP contribution in [0.3, 0.4) is 0 Å². The first-order chi connectivity index (χ1) is 6.29. The SMILES string of the molecule is CN(C(=O)OC(C)(C)C)C1CC(F)C1. The summed E-state index contributed by atoms with van der Waals surface area (Å²) >= 11 is 0. The number of amides is 1. The summed E-state index contributed by atoms with van der Waals surface area (Å²) in [6, 6.07) is 0.0137. The third kappa shape index (κ3) is 2.86. The molecular weight excluding hydrogens is 185 g/mol. The molecule has 0 unspecified atom stereocenters. The van der Waals surface area contributed by atoms with Crippen molar-refractivity contribution in [2.75, 3.05) is 7.05 Å². The molecule has 0 aliphatic heterocycles. The van der Waals surface area contributed by atoms with Gasteiger partial charge in [0.15, 0.2) is 0 Å². The van der Waals surface area contributed by atoms with Gasteiger partial charge in [-0.1, -0.05) is 0 Å². The van der Waals surface area contributed by atoms with E-state index in [4.69, 9.17) is 4.74 Å². The van der Waals surface area contributed by atoms with Crippen LogP contribution in [0, 0.1) is 0 Å². The highest BCUT2D eigenvalue weighted by Gasteiger charge is 2.35. The van der Waals surface area contributed by atoms with Gasteiger partial charge in [0.05, 0.1) is 0 Å². The van der Waals surface area contributed by atoms with Gasteiger partial charge in [-0.25, -0.2) is 9.18 Å². The zero-order valence-electron chi connectivity index (χ0n) is 9.21. The summed E-state index contributed by atoms with van der Waals surface area (Å²) in [5.41, 5.74) is -0.482. The molecule has 1 saturated carbocycles. The minimum atomic E-state index is -0.745. The Bertz CT molecular complexity index is 219. The summed E-state index contributed by atoms with van der Waals surface area (Å²) in [4.78, 5) is 13.0. The van der Waals surface area contributed by atoms with Crippen LogP contribution in [0.5, 0.6) is 0 Å². The van der Waals surface area contributed by atoms with Gasteiger partial charge >= 0.3 is 6.09 Å². The van der Waals surface area contributed by atoms with E-state index in [1.165, 1.54) is 4.90 Å². The van der Waals surface area contributed by atoms with E-state index in [2.05, 4.69) is 0 Å². The fourth-order valence-corrected chi connectivity index (χ4v) is 1.32. The number of halogens is 1. The summed E-state index contributed by atoms with van der Waals surface area (Å²) in [6.45, 7) is 5.45. The topological polar surface area (TPSA) is 29.5 Å². The maximum Gasteiger partial charge on any atom is 0.410 e. The van der Waals surface area contributed by atoms with E-state index in [0.717, 1.165) is 0 Å². The molecule has 0 aromatic heterocycles. The van der Waals surface area contributed by atoms with Crippen LogP contribution in [0.4, 0.5) is 9.18 Å². The van der Waals surface area contributed by atoms with Crippen molar-refractivity contribution in [2.45, 2.75) is 51.4 Å². The van der Waals surface area contributed by atoms with Crippen molar-refractivity contribution in [3.05, 3.63) is 0 Å². The molecule has 82 valence electrons. The van der Waals surface area contributed by atoms with Crippen molar-refractivity contribution >= 4 is 6.09 Å². The molecule has 1 aliphatic carbocycles. The Morgan fingerprint density at radius 3 is 2.29 bits per heavy atom. The minimum absolute atomic E-state index is 0.0137. The molecule has 0 bridgehead atoms. The number of hydrogen-bond acceptors (Lipinski definition) is 2. The number of ether oxygens (including phenoxy) is 1. The van der Waals surface area contributed by atoms with Gasteiger partial charge in [0.1, 0.15) is 11.8 Å². The summed E-state index contributed by atoms with van der Waals surface area (Å²) in [6.07, 6.45) is -0.231. The highest BCUT2D eigenvalue weighted by Crippen LogP contribution is 2.28. The second-order valence-electron chi connectivity index (χ2n) is 4.81. The number of carbonyl (C=O) groups is 1. The van der Waals surface area contributed by atoms with Crippen molar-refractivity contribution in [2.24, 2.45) is 0 Å². The third-order valence-corrected chi connectivity index (χ3v) is 2.28. The second kappa shape index (κ2) is 3.75. The van der Waals surface area contributed by atoms with E-state index in [1.807, 2.05) is 20.8 Å². The van der Waals surface area contributed by atoms with Crippen LogP contribution in [-0.4, -0.2) is 35.9 Å². The Labute approximate surface area is 84.2 Å². The molecule has 1 rings (SSSR count). The first-order valence-corrected chi connectivity index (χ1v) is 4.89. The van der Waals surface area contributed by atoms with Crippen LogP contribution < -0.4 is 0 Å². The van der Waals surface area contributed by atoms with E-state index < -0.39 is 11.8 Å². The molecule has 3 nitrogen and oxygen atoms in total. The smallest absolute Gasteiger partial charge is 0.410 e.